The number of carbonyl (C=O) groups excluding carboxylic acids is 1. The minimum absolute atomic E-state index is 0.317. The van der Waals surface area contributed by atoms with E-state index in [4.69, 9.17) is 5.73 Å². The predicted octanol–water partition coefficient (Wildman–Crippen LogP) is 6.29. The normalized spacial score (nSPS) is 52.1. The fraction of sp³-hybridized carbons (Fsp3) is 0.889. The van der Waals surface area contributed by atoms with Gasteiger partial charge in [-0.25, -0.2) is 0 Å². The van der Waals surface area contributed by atoms with Crippen molar-refractivity contribution in [3.05, 3.63) is 11.1 Å². The SMILES string of the molecule is CC1CCC2(C)C(CCC3(C)C4CCC5(N)CC(=O)C(C(C)C)=C5C4CCC23)C1. The highest BCUT2D eigenvalue weighted by Crippen LogP contribution is 2.70. The summed E-state index contributed by atoms with van der Waals surface area (Å²) >= 11 is 0. The van der Waals surface area contributed by atoms with Gasteiger partial charge in [0.1, 0.15) is 0 Å². The van der Waals surface area contributed by atoms with Gasteiger partial charge >= 0.3 is 0 Å². The summed E-state index contributed by atoms with van der Waals surface area (Å²) in [5.74, 6) is 4.72. The third-order valence-electron chi connectivity index (χ3n) is 11.0. The van der Waals surface area contributed by atoms with Gasteiger partial charge in [0.05, 0.1) is 0 Å². The van der Waals surface area contributed by atoms with Crippen molar-refractivity contribution < 1.29 is 4.79 Å². The smallest absolute Gasteiger partial charge is 0.161 e. The molecule has 0 heterocycles. The highest BCUT2D eigenvalue weighted by Gasteiger charge is 2.63. The minimum atomic E-state index is -0.317. The van der Waals surface area contributed by atoms with Crippen LogP contribution in [0, 0.1) is 46.3 Å². The molecule has 5 aliphatic carbocycles. The number of carbonyl (C=O) groups is 1. The first kappa shape index (κ1) is 20.3. The van der Waals surface area contributed by atoms with Crippen molar-refractivity contribution in [3.63, 3.8) is 0 Å². The maximum absolute atomic E-state index is 13.0. The number of Topliss-reactive ketones (excluding diaryl/α,β-unsaturated/α-hetero) is 1. The average molecular weight is 398 g/mol. The van der Waals surface area contributed by atoms with Crippen LogP contribution < -0.4 is 5.73 Å². The predicted molar refractivity (Wildman–Crippen MR) is 119 cm³/mol. The first-order valence-corrected chi connectivity index (χ1v) is 12.7. The van der Waals surface area contributed by atoms with Crippen molar-refractivity contribution in [3.8, 4) is 0 Å². The Morgan fingerprint density at radius 3 is 2.41 bits per heavy atom. The van der Waals surface area contributed by atoms with Gasteiger partial charge < -0.3 is 5.73 Å². The van der Waals surface area contributed by atoms with Crippen molar-refractivity contribution >= 4 is 5.78 Å². The molecule has 0 aromatic rings. The zero-order chi connectivity index (χ0) is 20.8. The van der Waals surface area contributed by atoms with Gasteiger partial charge in [-0.05, 0) is 109 Å². The van der Waals surface area contributed by atoms with E-state index < -0.39 is 0 Å². The Morgan fingerprint density at radius 2 is 1.69 bits per heavy atom. The lowest BCUT2D eigenvalue weighted by Gasteiger charge is -2.66. The Labute approximate surface area is 178 Å². The van der Waals surface area contributed by atoms with E-state index in [-0.39, 0.29) is 5.54 Å². The molecule has 2 heteroatoms. The van der Waals surface area contributed by atoms with Crippen molar-refractivity contribution in [2.75, 3.05) is 0 Å². The van der Waals surface area contributed by atoms with Gasteiger partial charge in [-0.3, -0.25) is 4.79 Å². The van der Waals surface area contributed by atoms with Gasteiger partial charge in [-0.15, -0.1) is 0 Å². The van der Waals surface area contributed by atoms with Crippen LogP contribution in [0.4, 0.5) is 0 Å². The first-order valence-electron chi connectivity index (χ1n) is 12.7. The molecule has 2 nitrogen and oxygen atoms in total. The summed E-state index contributed by atoms with van der Waals surface area (Å²) in [7, 11) is 0. The maximum Gasteiger partial charge on any atom is 0.161 e. The van der Waals surface area contributed by atoms with E-state index in [2.05, 4.69) is 34.6 Å². The molecule has 0 aromatic carbocycles. The van der Waals surface area contributed by atoms with E-state index in [9.17, 15) is 4.79 Å². The van der Waals surface area contributed by atoms with Crippen molar-refractivity contribution in [2.45, 2.75) is 104 Å². The van der Waals surface area contributed by atoms with E-state index in [1.165, 1.54) is 56.9 Å². The Bertz CT molecular complexity index is 752. The fourth-order valence-electron chi connectivity index (χ4n) is 9.67. The summed E-state index contributed by atoms with van der Waals surface area (Å²) in [6, 6.07) is 0. The Hall–Kier alpha value is -0.630. The Kier molecular flexibility index (Phi) is 4.50. The molecular formula is C27H43NO. The highest BCUT2D eigenvalue weighted by atomic mass is 16.1. The molecule has 29 heavy (non-hydrogen) atoms. The number of allylic oxidation sites excluding steroid dienone is 1. The van der Waals surface area contributed by atoms with Crippen LogP contribution in [-0.4, -0.2) is 11.3 Å². The first-order chi connectivity index (χ1) is 13.6. The van der Waals surface area contributed by atoms with Crippen LogP contribution in [0.1, 0.15) is 98.8 Å². The van der Waals surface area contributed by atoms with E-state index in [1.54, 1.807) is 0 Å². The molecule has 4 fully saturated rings. The fourth-order valence-corrected chi connectivity index (χ4v) is 9.67. The van der Waals surface area contributed by atoms with Gasteiger partial charge in [-0.2, -0.15) is 0 Å². The van der Waals surface area contributed by atoms with Gasteiger partial charge in [0, 0.05) is 12.0 Å². The Morgan fingerprint density at radius 1 is 0.966 bits per heavy atom. The zero-order valence-electron chi connectivity index (χ0n) is 19.5. The molecule has 0 aromatic heterocycles. The largest absolute Gasteiger partial charge is 0.321 e. The van der Waals surface area contributed by atoms with Crippen LogP contribution in [-0.2, 0) is 4.79 Å². The molecule has 0 spiro atoms. The van der Waals surface area contributed by atoms with Gasteiger partial charge in [0.25, 0.3) is 0 Å². The standard InChI is InChI=1S/C27H43NO/c1-16(2)23-21(29)15-27(28)13-10-20-19(24(23)27)6-7-22-25(4)11-8-17(3)14-18(25)9-12-26(20,22)5/h16-20,22H,6-15,28H2,1-5H3. The minimum Gasteiger partial charge on any atom is -0.321 e. The number of fused-ring (bicyclic) bond motifs is 7. The lowest BCUT2D eigenvalue weighted by Crippen LogP contribution is -2.60. The molecule has 8 unspecified atom stereocenters. The summed E-state index contributed by atoms with van der Waals surface area (Å²) in [5, 5.41) is 0. The number of hydrogen-bond donors (Lipinski definition) is 1. The summed E-state index contributed by atoms with van der Waals surface area (Å²) in [6.45, 7) is 12.2. The molecule has 5 aliphatic rings. The summed E-state index contributed by atoms with van der Waals surface area (Å²) in [6.07, 6.45) is 12.7. The molecule has 2 N–H and O–H groups in total. The average Bonchev–Trinajstić information content (AvgIpc) is 2.92. The topological polar surface area (TPSA) is 43.1 Å². The molecule has 4 saturated carbocycles. The van der Waals surface area contributed by atoms with Crippen LogP contribution >= 0.6 is 0 Å². The number of ketones is 1. The molecule has 8 atom stereocenters. The van der Waals surface area contributed by atoms with Crippen molar-refractivity contribution in [1.29, 1.82) is 0 Å². The van der Waals surface area contributed by atoms with E-state index >= 15 is 0 Å². The monoisotopic (exact) mass is 397 g/mol. The second-order valence-electron chi connectivity index (χ2n) is 12.7. The third-order valence-corrected chi connectivity index (χ3v) is 11.0. The van der Waals surface area contributed by atoms with Crippen LogP contribution in [0.3, 0.4) is 0 Å². The van der Waals surface area contributed by atoms with Crippen LogP contribution in [0.25, 0.3) is 0 Å². The quantitative estimate of drug-likeness (QED) is 0.565. The van der Waals surface area contributed by atoms with Crippen LogP contribution in [0.2, 0.25) is 0 Å². The molecule has 0 amide bonds. The molecule has 0 bridgehead atoms. The van der Waals surface area contributed by atoms with Crippen molar-refractivity contribution in [2.24, 2.45) is 52.1 Å². The third kappa shape index (κ3) is 2.66. The molecule has 5 rings (SSSR count). The summed E-state index contributed by atoms with van der Waals surface area (Å²) < 4.78 is 0. The van der Waals surface area contributed by atoms with Gasteiger partial charge in [0.2, 0.25) is 0 Å². The van der Waals surface area contributed by atoms with E-state index in [0.717, 1.165) is 35.7 Å². The Balaban J connectivity index is 1.53. The molecule has 162 valence electrons. The lowest BCUT2D eigenvalue weighted by atomic mass is 9.39. The number of rotatable bonds is 1. The summed E-state index contributed by atoms with van der Waals surface area (Å²) in [5.41, 5.74) is 10.2. The number of nitrogens with two attached hydrogens (primary N) is 1. The molecule has 0 radical (unpaired) electrons. The maximum atomic E-state index is 13.0. The molecular weight excluding hydrogens is 354 g/mol. The van der Waals surface area contributed by atoms with E-state index in [0.29, 0.717) is 34.9 Å². The van der Waals surface area contributed by atoms with Gasteiger partial charge in [-0.1, -0.05) is 41.0 Å². The van der Waals surface area contributed by atoms with Crippen LogP contribution in [0.15, 0.2) is 11.1 Å². The lowest BCUT2D eigenvalue weighted by molar-refractivity contribution is -0.153. The van der Waals surface area contributed by atoms with Gasteiger partial charge in [0.15, 0.2) is 5.78 Å². The van der Waals surface area contributed by atoms with Crippen molar-refractivity contribution in [1.82, 2.24) is 0 Å². The second-order valence-corrected chi connectivity index (χ2v) is 12.7. The second kappa shape index (κ2) is 6.44. The number of hydrogen-bond acceptors (Lipinski definition) is 2. The van der Waals surface area contributed by atoms with E-state index in [1.807, 2.05) is 0 Å². The summed E-state index contributed by atoms with van der Waals surface area (Å²) in [4.78, 5) is 13.0. The molecule has 0 aliphatic heterocycles. The zero-order valence-corrected chi connectivity index (χ0v) is 19.5. The highest BCUT2D eigenvalue weighted by molar-refractivity contribution is 6.01. The van der Waals surface area contributed by atoms with Crippen LogP contribution in [0.5, 0.6) is 0 Å². The molecule has 0 saturated heterocycles.